The Labute approximate surface area is 143 Å². The molecule has 1 aliphatic heterocycles. The largest absolute Gasteiger partial charge is 0.329 e. The Hall–Kier alpha value is -2.18. The minimum atomic E-state index is -0.292. The van der Waals surface area contributed by atoms with Gasteiger partial charge in [0.15, 0.2) is 0 Å². The van der Waals surface area contributed by atoms with Crippen LogP contribution < -0.4 is 11.2 Å². The average Bonchev–Trinajstić information content (AvgIpc) is 3.02. The van der Waals surface area contributed by atoms with Crippen LogP contribution in [0.4, 0.5) is 0 Å². The molecule has 1 saturated heterocycles. The van der Waals surface area contributed by atoms with E-state index in [9.17, 15) is 9.59 Å². The van der Waals surface area contributed by atoms with Crippen LogP contribution in [0.5, 0.6) is 0 Å². The summed E-state index contributed by atoms with van der Waals surface area (Å²) < 4.78 is 2.06. The summed E-state index contributed by atoms with van der Waals surface area (Å²) in [5.74, 6) is 0. The molecule has 0 saturated carbocycles. The summed E-state index contributed by atoms with van der Waals surface area (Å²) in [4.78, 5) is 31.5. The highest BCUT2D eigenvalue weighted by Gasteiger charge is 2.23. The second kappa shape index (κ2) is 6.03. The SMILES string of the molecule is CN1CCC(n2c(=O)[nH]c3cc(-c4ccccc4)sc3c2=O)CC1. The van der Waals surface area contributed by atoms with E-state index in [0.29, 0.717) is 10.2 Å². The van der Waals surface area contributed by atoms with E-state index in [4.69, 9.17) is 0 Å². The van der Waals surface area contributed by atoms with Crippen LogP contribution in [-0.4, -0.2) is 34.6 Å². The van der Waals surface area contributed by atoms with E-state index in [1.54, 1.807) is 0 Å². The van der Waals surface area contributed by atoms with Crippen molar-refractivity contribution < 1.29 is 0 Å². The van der Waals surface area contributed by atoms with Crippen LogP contribution in [0.3, 0.4) is 0 Å². The fourth-order valence-electron chi connectivity index (χ4n) is 3.35. The van der Waals surface area contributed by atoms with E-state index in [0.717, 1.165) is 36.4 Å². The molecule has 124 valence electrons. The Kier molecular flexibility index (Phi) is 3.86. The Morgan fingerprint density at radius 3 is 2.54 bits per heavy atom. The van der Waals surface area contributed by atoms with Gasteiger partial charge in [0.25, 0.3) is 5.56 Å². The second-order valence-electron chi connectivity index (χ2n) is 6.36. The van der Waals surface area contributed by atoms with E-state index >= 15 is 0 Å². The molecule has 6 heteroatoms. The number of aromatic nitrogens is 2. The summed E-state index contributed by atoms with van der Waals surface area (Å²) in [5.41, 5.74) is 1.25. The molecular weight excluding hydrogens is 322 g/mol. The number of nitrogens with zero attached hydrogens (tertiary/aromatic N) is 2. The van der Waals surface area contributed by atoms with Crippen molar-refractivity contribution >= 4 is 21.6 Å². The molecule has 2 aromatic heterocycles. The van der Waals surface area contributed by atoms with E-state index in [1.165, 1.54) is 15.9 Å². The van der Waals surface area contributed by atoms with Crippen LogP contribution in [-0.2, 0) is 0 Å². The van der Waals surface area contributed by atoms with Crippen LogP contribution in [0.1, 0.15) is 18.9 Å². The molecule has 1 fully saturated rings. The summed E-state index contributed by atoms with van der Waals surface area (Å²) in [6.07, 6.45) is 1.67. The number of likely N-dealkylation sites (tertiary alicyclic amines) is 1. The van der Waals surface area contributed by atoms with E-state index < -0.39 is 0 Å². The number of hydrogen-bond acceptors (Lipinski definition) is 4. The van der Waals surface area contributed by atoms with Gasteiger partial charge < -0.3 is 9.88 Å². The molecule has 1 aromatic carbocycles. The third-order valence-corrected chi connectivity index (χ3v) is 5.89. The van der Waals surface area contributed by atoms with Crippen molar-refractivity contribution in [1.82, 2.24) is 14.5 Å². The fourth-order valence-corrected chi connectivity index (χ4v) is 4.41. The maximum Gasteiger partial charge on any atom is 0.329 e. The summed E-state index contributed by atoms with van der Waals surface area (Å²) in [6.45, 7) is 1.82. The lowest BCUT2D eigenvalue weighted by atomic mass is 10.1. The lowest BCUT2D eigenvalue weighted by molar-refractivity contribution is 0.216. The van der Waals surface area contributed by atoms with Crippen molar-refractivity contribution in [1.29, 1.82) is 0 Å². The zero-order valence-electron chi connectivity index (χ0n) is 13.5. The van der Waals surface area contributed by atoms with Gasteiger partial charge in [-0.3, -0.25) is 9.36 Å². The molecule has 0 spiro atoms. The average molecular weight is 341 g/mol. The summed E-state index contributed by atoms with van der Waals surface area (Å²) >= 11 is 1.45. The zero-order chi connectivity index (χ0) is 16.7. The van der Waals surface area contributed by atoms with Gasteiger partial charge in [0.1, 0.15) is 4.70 Å². The van der Waals surface area contributed by atoms with Crippen LogP contribution in [0.25, 0.3) is 20.7 Å². The number of thiophene rings is 1. The highest BCUT2D eigenvalue weighted by Crippen LogP contribution is 2.30. The normalized spacial score (nSPS) is 16.7. The molecule has 24 heavy (non-hydrogen) atoms. The predicted octanol–water partition coefficient (Wildman–Crippen LogP) is 2.69. The Morgan fingerprint density at radius 2 is 1.83 bits per heavy atom. The minimum Gasteiger partial charge on any atom is -0.306 e. The minimum absolute atomic E-state index is 0.0101. The molecule has 1 N–H and O–H groups in total. The molecule has 0 amide bonds. The van der Waals surface area contributed by atoms with E-state index in [-0.39, 0.29) is 17.3 Å². The van der Waals surface area contributed by atoms with Crippen molar-refractivity contribution in [3.8, 4) is 10.4 Å². The standard InChI is InChI=1S/C18H19N3O2S/c1-20-9-7-13(8-10-20)21-17(22)16-14(19-18(21)23)11-15(24-16)12-5-3-2-4-6-12/h2-6,11,13H,7-10H2,1H3,(H,19,23). The van der Waals surface area contributed by atoms with Gasteiger partial charge in [-0.25, -0.2) is 4.79 Å². The summed E-state index contributed by atoms with van der Waals surface area (Å²) in [7, 11) is 2.07. The van der Waals surface area contributed by atoms with Crippen molar-refractivity contribution in [3.63, 3.8) is 0 Å². The van der Waals surface area contributed by atoms with E-state index in [1.807, 2.05) is 36.4 Å². The molecule has 0 radical (unpaired) electrons. The first-order valence-electron chi connectivity index (χ1n) is 8.16. The number of nitrogens with one attached hydrogen (secondary N) is 1. The number of aromatic amines is 1. The number of rotatable bonds is 2. The lowest BCUT2D eigenvalue weighted by Gasteiger charge is -2.29. The Bertz CT molecular complexity index is 979. The quantitative estimate of drug-likeness (QED) is 0.780. The molecule has 0 bridgehead atoms. The van der Waals surface area contributed by atoms with E-state index in [2.05, 4.69) is 16.9 Å². The van der Waals surface area contributed by atoms with Crippen molar-refractivity contribution in [2.75, 3.05) is 20.1 Å². The predicted molar refractivity (Wildman–Crippen MR) is 97.9 cm³/mol. The maximum absolute atomic E-state index is 12.9. The van der Waals surface area contributed by atoms with Gasteiger partial charge in [-0.2, -0.15) is 0 Å². The summed E-state index contributed by atoms with van der Waals surface area (Å²) in [5, 5.41) is 0. The molecule has 5 nitrogen and oxygen atoms in total. The molecular formula is C18H19N3O2S. The number of hydrogen-bond donors (Lipinski definition) is 1. The molecule has 0 atom stereocenters. The Balaban J connectivity index is 1.83. The van der Waals surface area contributed by atoms with Crippen LogP contribution in [0, 0.1) is 0 Å². The van der Waals surface area contributed by atoms with Gasteiger partial charge in [-0.1, -0.05) is 30.3 Å². The number of benzene rings is 1. The highest BCUT2D eigenvalue weighted by molar-refractivity contribution is 7.22. The highest BCUT2D eigenvalue weighted by atomic mass is 32.1. The number of H-pyrrole nitrogens is 1. The van der Waals surface area contributed by atoms with Crippen LogP contribution in [0.2, 0.25) is 0 Å². The molecule has 1 aliphatic rings. The smallest absolute Gasteiger partial charge is 0.306 e. The van der Waals surface area contributed by atoms with Crippen LogP contribution >= 0.6 is 11.3 Å². The number of piperidine rings is 1. The van der Waals surface area contributed by atoms with Crippen molar-refractivity contribution in [2.45, 2.75) is 18.9 Å². The second-order valence-corrected chi connectivity index (χ2v) is 7.41. The van der Waals surface area contributed by atoms with Gasteiger partial charge in [0, 0.05) is 10.9 Å². The monoisotopic (exact) mass is 341 g/mol. The third kappa shape index (κ3) is 2.61. The third-order valence-electron chi connectivity index (χ3n) is 4.72. The van der Waals surface area contributed by atoms with Gasteiger partial charge in [-0.05, 0) is 44.6 Å². The first kappa shape index (κ1) is 15.4. The van der Waals surface area contributed by atoms with Gasteiger partial charge in [0.05, 0.1) is 5.52 Å². The molecule has 3 aromatic rings. The summed E-state index contributed by atoms with van der Waals surface area (Å²) in [6, 6.07) is 11.8. The van der Waals surface area contributed by atoms with Crippen LogP contribution in [0.15, 0.2) is 46.0 Å². The first-order chi connectivity index (χ1) is 11.6. The molecule has 4 rings (SSSR count). The lowest BCUT2D eigenvalue weighted by Crippen LogP contribution is -2.42. The first-order valence-corrected chi connectivity index (χ1v) is 8.97. The topological polar surface area (TPSA) is 58.1 Å². The van der Waals surface area contributed by atoms with Crippen molar-refractivity contribution in [3.05, 3.63) is 57.2 Å². The fraction of sp³-hybridized carbons (Fsp3) is 0.333. The molecule has 0 aliphatic carbocycles. The molecule has 0 unspecified atom stereocenters. The van der Waals surface area contributed by atoms with Gasteiger partial charge in [0.2, 0.25) is 0 Å². The maximum atomic E-state index is 12.9. The van der Waals surface area contributed by atoms with Gasteiger partial charge in [-0.15, -0.1) is 11.3 Å². The zero-order valence-corrected chi connectivity index (χ0v) is 14.3. The Morgan fingerprint density at radius 1 is 1.12 bits per heavy atom. The van der Waals surface area contributed by atoms with Gasteiger partial charge >= 0.3 is 5.69 Å². The van der Waals surface area contributed by atoms with Crippen molar-refractivity contribution in [2.24, 2.45) is 0 Å². The molecule has 3 heterocycles. The number of fused-ring (bicyclic) bond motifs is 1.